The molecule has 0 saturated carbocycles. The Morgan fingerprint density at radius 2 is 1.69 bits per heavy atom. The van der Waals surface area contributed by atoms with Crippen LogP contribution in [0.25, 0.3) is 0 Å². The minimum atomic E-state index is -3.98. The molecular formula is C21H24N4O5S2. The largest absolute Gasteiger partial charge is 0.339 e. The van der Waals surface area contributed by atoms with Crippen LogP contribution in [0.3, 0.4) is 0 Å². The first-order chi connectivity index (χ1) is 15.1. The molecule has 11 heteroatoms. The molecule has 1 amide bonds. The van der Waals surface area contributed by atoms with Gasteiger partial charge in [0.25, 0.3) is 0 Å². The fourth-order valence-corrected chi connectivity index (χ4v) is 5.54. The van der Waals surface area contributed by atoms with Crippen molar-refractivity contribution in [2.75, 3.05) is 32.4 Å². The summed E-state index contributed by atoms with van der Waals surface area (Å²) in [4.78, 5) is 14.8. The minimum absolute atomic E-state index is 0.0328. The first kappa shape index (κ1) is 23.9. The third-order valence-corrected chi connectivity index (χ3v) is 7.96. The van der Waals surface area contributed by atoms with Crippen LogP contribution in [-0.2, 0) is 31.3 Å². The van der Waals surface area contributed by atoms with Crippen molar-refractivity contribution in [3.8, 4) is 6.07 Å². The standard InChI is InChI=1S/C21H24N4O5S2/c1-31(27,28)25-12-10-24(11-13-25)21(26)20(15-17-6-5-7-18(14-17)16-22)23-32(29,30)19-8-3-2-4-9-19/h2-9,14,20,23H,10-13,15H2,1H3. The number of benzene rings is 2. The fraction of sp³-hybridized carbons (Fsp3) is 0.333. The van der Waals surface area contributed by atoms with Crippen molar-refractivity contribution in [1.29, 1.82) is 5.26 Å². The average Bonchev–Trinajstić information content (AvgIpc) is 2.78. The smallest absolute Gasteiger partial charge is 0.241 e. The number of carbonyl (C=O) groups is 1. The van der Waals surface area contributed by atoms with E-state index in [2.05, 4.69) is 4.72 Å². The zero-order chi connectivity index (χ0) is 23.4. The first-order valence-corrected chi connectivity index (χ1v) is 13.2. The molecule has 1 N–H and O–H groups in total. The van der Waals surface area contributed by atoms with Gasteiger partial charge in [-0.25, -0.2) is 16.8 Å². The zero-order valence-electron chi connectivity index (χ0n) is 17.5. The Morgan fingerprint density at radius 3 is 2.28 bits per heavy atom. The van der Waals surface area contributed by atoms with Crippen LogP contribution in [0.5, 0.6) is 0 Å². The number of rotatable bonds is 7. The van der Waals surface area contributed by atoms with Gasteiger partial charge in [0.1, 0.15) is 6.04 Å². The summed E-state index contributed by atoms with van der Waals surface area (Å²) in [6, 6.07) is 15.3. The van der Waals surface area contributed by atoms with Gasteiger partial charge in [0.15, 0.2) is 0 Å². The SMILES string of the molecule is CS(=O)(=O)N1CCN(C(=O)C(Cc2cccc(C#N)c2)NS(=O)(=O)c2ccccc2)CC1. The molecule has 1 heterocycles. The monoisotopic (exact) mass is 476 g/mol. The van der Waals surface area contributed by atoms with E-state index in [0.29, 0.717) is 11.1 Å². The maximum atomic E-state index is 13.3. The number of nitrogens with zero attached hydrogens (tertiary/aromatic N) is 3. The summed E-state index contributed by atoms with van der Waals surface area (Å²) in [5.41, 5.74) is 1.04. The molecule has 3 rings (SSSR count). The normalized spacial score (nSPS) is 16.3. The Hall–Kier alpha value is -2.78. The molecule has 0 spiro atoms. The average molecular weight is 477 g/mol. The number of nitriles is 1. The van der Waals surface area contributed by atoms with E-state index in [0.717, 1.165) is 6.26 Å². The Balaban J connectivity index is 1.84. The number of nitrogens with one attached hydrogen (secondary N) is 1. The summed E-state index contributed by atoms with van der Waals surface area (Å²) in [5.74, 6) is -0.444. The van der Waals surface area contributed by atoms with Crippen LogP contribution in [0.4, 0.5) is 0 Å². The Labute approximate surface area is 188 Å². The molecule has 2 aromatic carbocycles. The Kier molecular flexibility index (Phi) is 7.30. The predicted octanol–water partition coefficient (Wildman–Crippen LogP) is 0.552. The lowest BCUT2D eigenvalue weighted by Crippen LogP contribution is -2.56. The predicted molar refractivity (Wildman–Crippen MR) is 118 cm³/mol. The molecule has 1 saturated heterocycles. The van der Waals surface area contributed by atoms with Gasteiger partial charge in [0.2, 0.25) is 26.0 Å². The Bertz CT molecular complexity index is 1220. The van der Waals surface area contributed by atoms with Gasteiger partial charge < -0.3 is 4.90 Å². The van der Waals surface area contributed by atoms with E-state index in [9.17, 15) is 21.6 Å². The second kappa shape index (κ2) is 9.79. The molecular weight excluding hydrogens is 452 g/mol. The van der Waals surface area contributed by atoms with Crippen LogP contribution in [0.15, 0.2) is 59.5 Å². The van der Waals surface area contributed by atoms with E-state index in [-0.39, 0.29) is 37.5 Å². The maximum Gasteiger partial charge on any atom is 0.241 e. The lowest BCUT2D eigenvalue weighted by molar-refractivity contribution is -0.134. The fourth-order valence-electron chi connectivity index (χ4n) is 3.50. The van der Waals surface area contributed by atoms with E-state index in [1.165, 1.54) is 21.3 Å². The number of piperazine rings is 1. The first-order valence-electron chi connectivity index (χ1n) is 9.90. The van der Waals surface area contributed by atoms with Crippen molar-refractivity contribution in [2.45, 2.75) is 17.4 Å². The van der Waals surface area contributed by atoms with E-state index in [1.54, 1.807) is 42.5 Å². The van der Waals surface area contributed by atoms with Crippen LogP contribution in [0, 0.1) is 11.3 Å². The van der Waals surface area contributed by atoms with Crippen LogP contribution in [-0.4, -0.2) is 70.4 Å². The third-order valence-electron chi connectivity index (χ3n) is 5.16. The topological polar surface area (TPSA) is 128 Å². The lowest BCUT2D eigenvalue weighted by atomic mass is 10.0. The van der Waals surface area contributed by atoms with Crippen LogP contribution in [0.1, 0.15) is 11.1 Å². The number of hydrogen-bond donors (Lipinski definition) is 1. The summed E-state index contributed by atoms with van der Waals surface area (Å²) in [6.45, 7) is 0.612. The summed E-state index contributed by atoms with van der Waals surface area (Å²) in [6.07, 6.45) is 1.16. The van der Waals surface area contributed by atoms with Crippen molar-refractivity contribution < 1.29 is 21.6 Å². The van der Waals surface area contributed by atoms with E-state index in [1.807, 2.05) is 6.07 Å². The molecule has 1 aliphatic heterocycles. The molecule has 2 aromatic rings. The maximum absolute atomic E-state index is 13.3. The molecule has 9 nitrogen and oxygen atoms in total. The van der Waals surface area contributed by atoms with Crippen molar-refractivity contribution in [3.63, 3.8) is 0 Å². The Morgan fingerprint density at radius 1 is 1.03 bits per heavy atom. The number of hydrogen-bond acceptors (Lipinski definition) is 6. The number of sulfonamides is 2. The highest BCUT2D eigenvalue weighted by Crippen LogP contribution is 2.15. The van der Waals surface area contributed by atoms with E-state index in [4.69, 9.17) is 5.26 Å². The third kappa shape index (κ3) is 5.92. The summed E-state index contributed by atoms with van der Waals surface area (Å²) in [5, 5.41) is 9.14. The lowest BCUT2D eigenvalue weighted by Gasteiger charge is -2.35. The highest BCUT2D eigenvalue weighted by atomic mass is 32.2. The second-order valence-electron chi connectivity index (χ2n) is 7.49. The van der Waals surface area contributed by atoms with E-state index >= 15 is 0 Å². The van der Waals surface area contributed by atoms with Gasteiger partial charge in [0, 0.05) is 26.2 Å². The molecule has 1 atom stereocenters. The van der Waals surface area contributed by atoms with Gasteiger partial charge in [-0.15, -0.1) is 0 Å². The number of carbonyl (C=O) groups excluding carboxylic acids is 1. The van der Waals surface area contributed by atoms with Crippen molar-refractivity contribution in [3.05, 3.63) is 65.7 Å². The molecule has 0 radical (unpaired) electrons. The van der Waals surface area contributed by atoms with Gasteiger partial charge in [0.05, 0.1) is 22.8 Å². The molecule has 0 bridgehead atoms. The summed E-state index contributed by atoms with van der Waals surface area (Å²) in [7, 11) is -7.34. The summed E-state index contributed by atoms with van der Waals surface area (Å²) < 4.78 is 53.1. The van der Waals surface area contributed by atoms with Crippen molar-refractivity contribution in [1.82, 2.24) is 13.9 Å². The minimum Gasteiger partial charge on any atom is -0.339 e. The highest BCUT2D eigenvalue weighted by molar-refractivity contribution is 7.89. The quantitative estimate of drug-likeness (QED) is 0.622. The zero-order valence-corrected chi connectivity index (χ0v) is 19.1. The van der Waals surface area contributed by atoms with Crippen LogP contribution < -0.4 is 4.72 Å². The van der Waals surface area contributed by atoms with Crippen molar-refractivity contribution >= 4 is 26.0 Å². The molecule has 32 heavy (non-hydrogen) atoms. The van der Waals surface area contributed by atoms with Gasteiger partial charge in [-0.1, -0.05) is 30.3 Å². The second-order valence-corrected chi connectivity index (χ2v) is 11.2. The molecule has 170 valence electrons. The van der Waals surface area contributed by atoms with E-state index < -0.39 is 32.0 Å². The summed E-state index contributed by atoms with van der Waals surface area (Å²) >= 11 is 0. The van der Waals surface area contributed by atoms with Gasteiger partial charge >= 0.3 is 0 Å². The molecule has 0 aromatic heterocycles. The molecule has 0 aliphatic carbocycles. The van der Waals surface area contributed by atoms with Crippen LogP contribution >= 0.6 is 0 Å². The molecule has 1 unspecified atom stereocenters. The molecule has 1 aliphatic rings. The molecule has 1 fully saturated rings. The highest BCUT2D eigenvalue weighted by Gasteiger charge is 2.33. The number of amides is 1. The van der Waals surface area contributed by atoms with Gasteiger partial charge in [-0.2, -0.15) is 14.3 Å². The van der Waals surface area contributed by atoms with Crippen molar-refractivity contribution in [2.24, 2.45) is 0 Å². The van der Waals surface area contributed by atoms with Gasteiger partial charge in [-0.3, -0.25) is 4.79 Å². The van der Waals surface area contributed by atoms with Crippen LogP contribution in [0.2, 0.25) is 0 Å². The van der Waals surface area contributed by atoms with Gasteiger partial charge in [-0.05, 0) is 36.2 Å².